The number of aliphatic hydroxyl groups is 1. The van der Waals surface area contributed by atoms with E-state index in [1.54, 1.807) is 6.20 Å². The van der Waals surface area contributed by atoms with Crippen molar-refractivity contribution in [3.63, 3.8) is 0 Å². The molecule has 2 aliphatic rings. The summed E-state index contributed by atoms with van der Waals surface area (Å²) < 4.78 is 0. The summed E-state index contributed by atoms with van der Waals surface area (Å²) in [7, 11) is 0. The lowest BCUT2D eigenvalue weighted by Gasteiger charge is -2.30. The highest BCUT2D eigenvalue weighted by molar-refractivity contribution is 5.99. The lowest BCUT2D eigenvalue weighted by Crippen LogP contribution is -2.42. The zero-order chi connectivity index (χ0) is 16.8. The second-order valence-electron chi connectivity index (χ2n) is 7.08. The lowest BCUT2D eigenvalue weighted by molar-refractivity contribution is 0.0899. The Balaban J connectivity index is 1.74. The summed E-state index contributed by atoms with van der Waals surface area (Å²) in [6, 6.07) is 3.77. The molecule has 1 amide bonds. The maximum absolute atomic E-state index is 12.9. The van der Waals surface area contributed by atoms with Crippen molar-refractivity contribution < 1.29 is 9.90 Å². The van der Waals surface area contributed by atoms with Gasteiger partial charge in [-0.1, -0.05) is 19.3 Å². The highest BCUT2D eigenvalue weighted by Crippen LogP contribution is 2.25. The molecule has 1 saturated carbocycles. The molecular weight excluding hydrogens is 302 g/mol. The standard InChI is InChI=1S/C19H29N3O2/c23-14-15-8-3-1-4-10-17(15)21-19(24)16-9-7-11-20-18(16)22-12-5-2-6-13-22/h7,9,11,15,17,23H,1-6,8,10,12-14H2,(H,21,24). The van der Waals surface area contributed by atoms with Gasteiger partial charge in [0.15, 0.2) is 0 Å². The van der Waals surface area contributed by atoms with Crippen LogP contribution >= 0.6 is 0 Å². The number of carbonyl (C=O) groups is 1. The van der Waals surface area contributed by atoms with Crippen molar-refractivity contribution in [1.29, 1.82) is 0 Å². The Bertz CT molecular complexity index is 543. The van der Waals surface area contributed by atoms with Crippen LogP contribution in [-0.2, 0) is 0 Å². The summed E-state index contributed by atoms with van der Waals surface area (Å²) in [5.74, 6) is 0.935. The molecule has 2 N–H and O–H groups in total. The van der Waals surface area contributed by atoms with Gasteiger partial charge in [-0.2, -0.15) is 0 Å². The van der Waals surface area contributed by atoms with Gasteiger partial charge < -0.3 is 15.3 Å². The fourth-order valence-corrected chi connectivity index (χ4v) is 3.97. The molecule has 2 fully saturated rings. The van der Waals surface area contributed by atoms with Gasteiger partial charge in [0.2, 0.25) is 0 Å². The van der Waals surface area contributed by atoms with Crippen LogP contribution in [-0.4, -0.2) is 41.7 Å². The fourth-order valence-electron chi connectivity index (χ4n) is 3.97. The SMILES string of the molecule is O=C(NC1CCCCCC1CO)c1cccnc1N1CCCCC1. The van der Waals surface area contributed by atoms with Crippen LogP contribution in [0.3, 0.4) is 0 Å². The predicted molar refractivity (Wildman–Crippen MR) is 95.2 cm³/mol. The third-order valence-corrected chi connectivity index (χ3v) is 5.40. The van der Waals surface area contributed by atoms with E-state index in [1.165, 1.54) is 12.8 Å². The lowest BCUT2D eigenvalue weighted by atomic mass is 9.95. The minimum atomic E-state index is -0.0472. The number of hydrogen-bond donors (Lipinski definition) is 2. The van der Waals surface area contributed by atoms with Gasteiger partial charge in [0, 0.05) is 37.9 Å². The summed E-state index contributed by atoms with van der Waals surface area (Å²) in [5.41, 5.74) is 0.667. The average Bonchev–Trinajstić information content (AvgIpc) is 2.87. The monoisotopic (exact) mass is 331 g/mol. The molecule has 1 aromatic heterocycles. The first-order chi connectivity index (χ1) is 11.8. The maximum Gasteiger partial charge on any atom is 0.255 e. The number of amides is 1. The molecule has 5 nitrogen and oxygen atoms in total. The number of nitrogens with zero attached hydrogens (tertiary/aromatic N) is 2. The zero-order valence-corrected chi connectivity index (χ0v) is 14.4. The molecular formula is C19H29N3O2. The van der Waals surface area contributed by atoms with Crippen LogP contribution in [0.5, 0.6) is 0 Å². The van der Waals surface area contributed by atoms with Crippen molar-refractivity contribution in [3.8, 4) is 0 Å². The number of aromatic nitrogens is 1. The Morgan fingerprint density at radius 3 is 2.71 bits per heavy atom. The van der Waals surface area contributed by atoms with E-state index in [9.17, 15) is 9.90 Å². The highest BCUT2D eigenvalue weighted by atomic mass is 16.3. The van der Waals surface area contributed by atoms with E-state index in [4.69, 9.17) is 0 Å². The number of nitrogens with one attached hydrogen (secondary N) is 1. The Morgan fingerprint density at radius 2 is 1.92 bits per heavy atom. The van der Waals surface area contributed by atoms with Gasteiger partial charge >= 0.3 is 0 Å². The topological polar surface area (TPSA) is 65.5 Å². The quantitative estimate of drug-likeness (QED) is 0.833. The molecule has 1 saturated heterocycles. The molecule has 132 valence electrons. The van der Waals surface area contributed by atoms with Gasteiger partial charge in [0.05, 0.1) is 5.56 Å². The molecule has 24 heavy (non-hydrogen) atoms. The van der Waals surface area contributed by atoms with Crippen molar-refractivity contribution >= 4 is 11.7 Å². The van der Waals surface area contributed by atoms with Crippen molar-refractivity contribution in [2.45, 2.75) is 57.4 Å². The third-order valence-electron chi connectivity index (χ3n) is 5.40. The summed E-state index contributed by atoms with van der Waals surface area (Å²) >= 11 is 0. The largest absolute Gasteiger partial charge is 0.396 e. The molecule has 0 radical (unpaired) electrons. The second kappa shape index (κ2) is 8.47. The summed E-state index contributed by atoms with van der Waals surface area (Å²) in [4.78, 5) is 19.6. The second-order valence-corrected chi connectivity index (χ2v) is 7.08. The Hall–Kier alpha value is -1.62. The molecule has 0 bridgehead atoms. The van der Waals surface area contributed by atoms with E-state index >= 15 is 0 Å². The van der Waals surface area contributed by atoms with E-state index in [0.717, 1.165) is 57.4 Å². The number of hydrogen-bond acceptors (Lipinski definition) is 4. The number of anilines is 1. The minimum absolute atomic E-state index is 0.0472. The predicted octanol–water partition coefficient (Wildman–Crippen LogP) is 2.74. The van der Waals surface area contributed by atoms with Crippen molar-refractivity contribution in [2.75, 3.05) is 24.6 Å². The maximum atomic E-state index is 12.9. The Morgan fingerprint density at radius 1 is 1.17 bits per heavy atom. The summed E-state index contributed by atoms with van der Waals surface area (Å²) in [5, 5.41) is 12.8. The Labute approximate surface area is 144 Å². The van der Waals surface area contributed by atoms with Crippen molar-refractivity contribution in [1.82, 2.24) is 10.3 Å². The van der Waals surface area contributed by atoms with E-state index in [-0.39, 0.29) is 24.5 Å². The zero-order valence-electron chi connectivity index (χ0n) is 14.4. The van der Waals surface area contributed by atoms with Crippen LogP contribution in [0.4, 0.5) is 5.82 Å². The Kier molecular flexibility index (Phi) is 6.07. The molecule has 0 aromatic carbocycles. The number of aliphatic hydroxyl groups excluding tert-OH is 1. The van der Waals surface area contributed by atoms with Gasteiger partial charge in [0.1, 0.15) is 5.82 Å². The van der Waals surface area contributed by atoms with E-state index in [0.29, 0.717) is 5.56 Å². The van der Waals surface area contributed by atoms with Crippen LogP contribution in [0.15, 0.2) is 18.3 Å². The van der Waals surface area contributed by atoms with Gasteiger partial charge in [0.25, 0.3) is 5.91 Å². The van der Waals surface area contributed by atoms with Crippen LogP contribution < -0.4 is 10.2 Å². The number of piperidine rings is 1. The van der Waals surface area contributed by atoms with Crippen LogP contribution in [0, 0.1) is 5.92 Å². The fraction of sp³-hybridized carbons (Fsp3) is 0.684. The minimum Gasteiger partial charge on any atom is -0.396 e. The molecule has 3 rings (SSSR count). The van der Waals surface area contributed by atoms with Crippen LogP contribution in [0.1, 0.15) is 61.7 Å². The van der Waals surface area contributed by atoms with E-state index in [2.05, 4.69) is 15.2 Å². The van der Waals surface area contributed by atoms with Crippen LogP contribution in [0.2, 0.25) is 0 Å². The van der Waals surface area contributed by atoms with Crippen LogP contribution in [0.25, 0.3) is 0 Å². The molecule has 5 heteroatoms. The first kappa shape index (κ1) is 17.2. The normalized spacial score (nSPS) is 25.1. The first-order valence-electron chi connectivity index (χ1n) is 9.41. The smallest absolute Gasteiger partial charge is 0.255 e. The number of carbonyl (C=O) groups excluding carboxylic acids is 1. The highest BCUT2D eigenvalue weighted by Gasteiger charge is 2.27. The van der Waals surface area contributed by atoms with Crippen molar-refractivity contribution in [3.05, 3.63) is 23.9 Å². The molecule has 2 atom stereocenters. The van der Waals surface area contributed by atoms with E-state index < -0.39 is 0 Å². The molecule has 2 heterocycles. The molecule has 1 aliphatic heterocycles. The number of pyridine rings is 1. The van der Waals surface area contributed by atoms with E-state index in [1.807, 2.05) is 12.1 Å². The summed E-state index contributed by atoms with van der Waals surface area (Å²) in [6.45, 7) is 2.09. The third kappa shape index (κ3) is 4.07. The van der Waals surface area contributed by atoms with Gasteiger partial charge in [-0.25, -0.2) is 4.98 Å². The number of rotatable bonds is 4. The molecule has 2 unspecified atom stereocenters. The first-order valence-corrected chi connectivity index (χ1v) is 9.41. The van der Waals surface area contributed by atoms with Gasteiger partial charge in [-0.15, -0.1) is 0 Å². The molecule has 0 spiro atoms. The van der Waals surface area contributed by atoms with Crippen molar-refractivity contribution in [2.24, 2.45) is 5.92 Å². The average molecular weight is 331 g/mol. The van der Waals surface area contributed by atoms with Gasteiger partial charge in [-0.3, -0.25) is 4.79 Å². The molecule has 1 aromatic rings. The summed E-state index contributed by atoms with van der Waals surface area (Å²) in [6.07, 6.45) is 10.7. The van der Waals surface area contributed by atoms with Gasteiger partial charge in [-0.05, 0) is 44.2 Å². The molecule has 1 aliphatic carbocycles.